The van der Waals surface area contributed by atoms with Crippen LogP contribution >= 0.6 is 0 Å². The Morgan fingerprint density at radius 1 is 1.41 bits per heavy atom. The molecule has 1 heterocycles. The van der Waals surface area contributed by atoms with Gasteiger partial charge in [0.1, 0.15) is 5.60 Å². The Bertz CT molecular complexity index is 752. The third-order valence-electron chi connectivity index (χ3n) is 4.40. The molecule has 2 rings (SSSR count). The van der Waals surface area contributed by atoms with E-state index in [1.807, 2.05) is 0 Å². The average Bonchev–Trinajstić information content (AvgIpc) is 3.03. The number of Topliss-reactive ketones (excluding diaryl/α,β-unsaturated/α-hetero) is 1. The van der Waals surface area contributed by atoms with Crippen LogP contribution in [0.25, 0.3) is 0 Å². The van der Waals surface area contributed by atoms with E-state index in [1.165, 1.54) is 12.3 Å². The van der Waals surface area contributed by atoms with Crippen molar-refractivity contribution in [3.63, 3.8) is 0 Å². The van der Waals surface area contributed by atoms with E-state index in [4.69, 9.17) is 9.15 Å². The minimum absolute atomic E-state index is 0.0320. The number of nitrogens with zero attached hydrogens (tertiary/aromatic N) is 1. The van der Waals surface area contributed by atoms with E-state index in [2.05, 4.69) is 6.58 Å². The first kappa shape index (κ1) is 20.7. The summed E-state index contributed by atoms with van der Waals surface area (Å²) in [5, 5.41) is 0. The van der Waals surface area contributed by atoms with Gasteiger partial charge in [0.2, 0.25) is 11.8 Å². The first-order valence-electron chi connectivity index (χ1n) is 9.10. The Morgan fingerprint density at radius 2 is 2.11 bits per heavy atom. The first-order valence-corrected chi connectivity index (χ1v) is 9.10. The van der Waals surface area contributed by atoms with Crippen LogP contribution in [0.3, 0.4) is 0 Å². The Labute approximate surface area is 159 Å². The molecule has 1 atom stereocenters. The summed E-state index contributed by atoms with van der Waals surface area (Å²) in [6.45, 7) is 10.7. The number of furan rings is 1. The zero-order valence-electron chi connectivity index (χ0n) is 16.4. The molecular weight excluding hydrogens is 346 g/mol. The van der Waals surface area contributed by atoms with Gasteiger partial charge in [-0.15, -0.1) is 6.58 Å². The summed E-state index contributed by atoms with van der Waals surface area (Å²) >= 11 is 0. The summed E-state index contributed by atoms with van der Waals surface area (Å²) in [4.78, 5) is 39.4. The van der Waals surface area contributed by atoms with E-state index in [9.17, 15) is 14.4 Å². The van der Waals surface area contributed by atoms with E-state index in [-0.39, 0.29) is 11.7 Å². The number of rotatable bonds is 4. The summed E-state index contributed by atoms with van der Waals surface area (Å²) in [5.74, 6) is -0.913. The van der Waals surface area contributed by atoms with Crippen molar-refractivity contribution in [3.8, 4) is 0 Å². The van der Waals surface area contributed by atoms with Gasteiger partial charge < -0.3 is 9.15 Å². The van der Waals surface area contributed by atoms with E-state index in [0.717, 1.165) is 4.90 Å². The third kappa shape index (κ3) is 4.96. The van der Waals surface area contributed by atoms with Gasteiger partial charge in [0.15, 0.2) is 5.78 Å². The van der Waals surface area contributed by atoms with Gasteiger partial charge in [0.25, 0.3) is 0 Å². The van der Waals surface area contributed by atoms with Gasteiger partial charge in [0, 0.05) is 12.5 Å². The summed E-state index contributed by atoms with van der Waals surface area (Å²) in [7, 11) is 0. The molecule has 6 nitrogen and oxygen atoms in total. The van der Waals surface area contributed by atoms with Crippen LogP contribution in [0.2, 0.25) is 0 Å². The van der Waals surface area contributed by atoms with Crippen LogP contribution in [-0.4, -0.2) is 23.4 Å². The van der Waals surface area contributed by atoms with Gasteiger partial charge in [-0.05, 0) is 58.6 Å². The predicted molar refractivity (Wildman–Crippen MR) is 102 cm³/mol. The molecule has 1 aliphatic rings. The van der Waals surface area contributed by atoms with Crippen molar-refractivity contribution in [2.24, 2.45) is 5.92 Å². The standard InChI is InChI=1S/C21H27NO5/c1-6-9-15-14(2)16(10-7-11-17(15)23)19(24)22(18-12-8-13-26-18)20(25)27-21(3,4)5/h6,8,12-13,16H,1,7,9-11H2,2-5H3. The second-order valence-electron chi connectivity index (χ2n) is 7.63. The Hall–Kier alpha value is -2.63. The second kappa shape index (κ2) is 8.37. The maximum absolute atomic E-state index is 13.3. The number of ketones is 1. The van der Waals surface area contributed by atoms with E-state index in [0.29, 0.717) is 36.8 Å². The lowest BCUT2D eigenvalue weighted by Gasteiger charge is -2.27. The fraction of sp³-hybridized carbons (Fsp3) is 0.476. The lowest BCUT2D eigenvalue weighted by molar-refractivity contribution is -0.121. The number of hydrogen-bond acceptors (Lipinski definition) is 5. The highest BCUT2D eigenvalue weighted by Crippen LogP contribution is 2.32. The van der Waals surface area contributed by atoms with Gasteiger partial charge in [0.05, 0.1) is 12.2 Å². The summed E-state index contributed by atoms with van der Waals surface area (Å²) in [6, 6.07) is 3.13. The monoisotopic (exact) mass is 373 g/mol. The first-order chi connectivity index (χ1) is 12.7. The Kier molecular flexibility index (Phi) is 6.41. The zero-order valence-corrected chi connectivity index (χ0v) is 16.4. The van der Waals surface area contributed by atoms with Crippen molar-refractivity contribution >= 4 is 23.7 Å². The number of imide groups is 1. The minimum Gasteiger partial charge on any atom is -0.448 e. The van der Waals surface area contributed by atoms with Crippen LogP contribution < -0.4 is 4.90 Å². The topological polar surface area (TPSA) is 76.8 Å². The molecule has 0 radical (unpaired) electrons. The molecule has 0 saturated heterocycles. The van der Waals surface area contributed by atoms with Crippen LogP contribution in [0.1, 0.15) is 53.4 Å². The molecule has 0 bridgehead atoms. The quantitative estimate of drug-likeness (QED) is 0.708. The highest BCUT2D eigenvalue weighted by atomic mass is 16.6. The van der Waals surface area contributed by atoms with E-state index >= 15 is 0 Å². The van der Waals surface area contributed by atoms with Crippen molar-refractivity contribution in [1.29, 1.82) is 0 Å². The number of amides is 2. The SMILES string of the molecule is C=CCC1=C(C)C(C(=O)N(C(=O)OC(C)(C)C)c2ccco2)CCCC1=O. The van der Waals surface area contributed by atoms with Crippen molar-refractivity contribution in [3.05, 3.63) is 42.2 Å². The molecule has 0 fully saturated rings. The summed E-state index contributed by atoms with van der Waals surface area (Å²) in [5.41, 5.74) is 0.521. The van der Waals surface area contributed by atoms with Gasteiger partial charge in [-0.1, -0.05) is 11.6 Å². The number of hydrogen-bond donors (Lipinski definition) is 0. The van der Waals surface area contributed by atoms with Crippen LogP contribution in [-0.2, 0) is 14.3 Å². The third-order valence-corrected chi connectivity index (χ3v) is 4.40. The molecule has 27 heavy (non-hydrogen) atoms. The largest absolute Gasteiger partial charge is 0.448 e. The maximum atomic E-state index is 13.3. The number of ether oxygens (including phenoxy) is 1. The van der Waals surface area contributed by atoms with Crippen LogP contribution in [0.15, 0.2) is 46.6 Å². The highest BCUT2D eigenvalue weighted by molar-refractivity contribution is 6.13. The molecule has 146 valence electrons. The molecule has 2 amide bonds. The fourth-order valence-corrected chi connectivity index (χ4v) is 3.14. The second-order valence-corrected chi connectivity index (χ2v) is 7.63. The summed E-state index contributed by atoms with van der Waals surface area (Å²) < 4.78 is 10.7. The van der Waals surface area contributed by atoms with Gasteiger partial charge >= 0.3 is 6.09 Å². The van der Waals surface area contributed by atoms with Gasteiger partial charge in [-0.25, -0.2) is 4.79 Å². The molecular formula is C21H27NO5. The molecule has 0 saturated carbocycles. The zero-order chi connectivity index (χ0) is 20.2. The summed E-state index contributed by atoms with van der Waals surface area (Å²) in [6.07, 6.45) is 4.10. The van der Waals surface area contributed by atoms with Crippen LogP contribution in [0.5, 0.6) is 0 Å². The Balaban J connectivity index is 2.43. The minimum atomic E-state index is -0.795. The molecule has 1 aliphatic carbocycles. The molecule has 6 heteroatoms. The number of carbonyl (C=O) groups excluding carboxylic acids is 3. The van der Waals surface area contributed by atoms with Crippen molar-refractivity contribution < 1.29 is 23.5 Å². The maximum Gasteiger partial charge on any atom is 0.424 e. The fourth-order valence-electron chi connectivity index (χ4n) is 3.14. The molecule has 1 aromatic rings. The molecule has 1 aromatic heterocycles. The molecule has 0 spiro atoms. The lowest BCUT2D eigenvalue weighted by atomic mass is 9.91. The van der Waals surface area contributed by atoms with Gasteiger partial charge in [-0.2, -0.15) is 4.90 Å². The lowest BCUT2D eigenvalue weighted by Crippen LogP contribution is -2.44. The number of allylic oxidation sites excluding steroid dienone is 2. The predicted octanol–water partition coefficient (Wildman–Crippen LogP) is 4.81. The number of anilines is 1. The number of carbonyl (C=O) groups is 3. The van der Waals surface area contributed by atoms with Crippen LogP contribution in [0, 0.1) is 5.92 Å². The van der Waals surface area contributed by atoms with E-state index in [1.54, 1.807) is 39.8 Å². The smallest absolute Gasteiger partial charge is 0.424 e. The molecule has 0 aromatic carbocycles. The molecule has 0 N–H and O–H groups in total. The average molecular weight is 373 g/mol. The Morgan fingerprint density at radius 3 is 2.67 bits per heavy atom. The van der Waals surface area contributed by atoms with Crippen molar-refractivity contribution in [2.75, 3.05) is 4.90 Å². The van der Waals surface area contributed by atoms with Crippen LogP contribution in [0.4, 0.5) is 10.7 Å². The normalized spacial score (nSPS) is 18.1. The molecule has 1 unspecified atom stereocenters. The van der Waals surface area contributed by atoms with Gasteiger partial charge in [-0.3, -0.25) is 9.59 Å². The van der Waals surface area contributed by atoms with E-state index < -0.39 is 23.5 Å². The van der Waals surface area contributed by atoms with Crippen molar-refractivity contribution in [1.82, 2.24) is 0 Å². The molecule has 0 aliphatic heterocycles. The highest BCUT2D eigenvalue weighted by Gasteiger charge is 2.37. The van der Waals surface area contributed by atoms with Crippen molar-refractivity contribution in [2.45, 2.75) is 59.0 Å².